The van der Waals surface area contributed by atoms with Crippen LogP contribution in [-0.2, 0) is 9.59 Å². The van der Waals surface area contributed by atoms with E-state index in [1.54, 1.807) is 0 Å². The van der Waals surface area contributed by atoms with Gasteiger partial charge in [0, 0.05) is 12.1 Å². The Balaban J connectivity index is 2.56. The Bertz CT molecular complexity index is 321. The van der Waals surface area contributed by atoms with Gasteiger partial charge in [-0.05, 0) is 39.0 Å². The second kappa shape index (κ2) is 6.89. The molecule has 1 rings (SSSR count). The summed E-state index contributed by atoms with van der Waals surface area (Å²) in [5.41, 5.74) is 0. The molecule has 3 atom stereocenters. The molecule has 0 saturated carbocycles. The summed E-state index contributed by atoms with van der Waals surface area (Å²) < 4.78 is 0. The first-order valence-electron chi connectivity index (χ1n) is 7.12. The number of carbonyl (C=O) groups excluding carboxylic acids is 1. The molecule has 1 heterocycles. The molecular weight excluding hydrogens is 244 g/mol. The fourth-order valence-corrected chi connectivity index (χ4v) is 2.81. The van der Waals surface area contributed by atoms with Crippen LogP contribution in [-0.4, -0.2) is 46.6 Å². The van der Waals surface area contributed by atoms with E-state index in [1.807, 2.05) is 18.7 Å². The average molecular weight is 270 g/mol. The van der Waals surface area contributed by atoms with Crippen LogP contribution in [0.25, 0.3) is 0 Å². The van der Waals surface area contributed by atoms with Crippen LogP contribution in [0.1, 0.15) is 47.0 Å². The molecule has 1 fully saturated rings. The van der Waals surface area contributed by atoms with Crippen LogP contribution < -0.4 is 5.32 Å². The highest BCUT2D eigenvalue weighted by Crippen LogP contribution is 2.22. The number of likely N-dealkylation sites (tertiary alicyclic amines) is 1. The van der Waals surface area contributed by atoms with Crippen molar-refractivity contribution in [3.8, 4) is 0 Å². The first kappa shape index (κ1) is 16.0. The zero-order chi connectivity index (χ0) is 14.6. The van der Waals surface area contributed by atoms with Gasteiger partial charge < -0.3 is 10.0 Å². The zero-order valence-electron chi connectivity index (χ0n) is 12.3. The number of carboxylic acids is 1. The van der Waals surface area contributed by atoms with Gasteiger partial charge in [-0.1, -0.05) is 13.8 Å². The Morgan fingerprint density at radius 1 is 1.26 bits per heavy atom. The van der Waals surface area contributed by atoms with E-state index in [1.165, 1.54) is 0 Å². The van der Waals surface area contributed by atoms with Crippen LogP contribution in [0.15, 0.2) is 0 Å². The van der Waals surface area contributed by atoms with Crippen molar-refractivity contribution in [2.45, 2.75) is 65.1 Å². The standard InChI is InChI=1S/C14H26N2O3/c1-9(2)13(14(18)19)15-8-12(17)16-10(3)6-5-7-11(16)4/h9-11,13,15H,5-8H2,1-4H3,(H,18,19). The normalized spacial score (nSPS) is 25.4. The lowest BCUT2D eigenvalue weighted by Crippen LogP contribution is -2.53. The number of rotatable bonds is 5. The lowest BCUT2D eigenvalue weighted by Gasteiger charge is -2.39. The van der Waals surface area contributed by atoms with Crippen LogP contribution in [0.2, 0.25) is 0 Å². The summed E-state index contributed by atoms with van der Waals surface area (Å²) in [6, 6.07) is -0.167. The quantitative estimate of drug-likeness (QED) is 0.794. The third-order valence-corrected chi connectivity index (χ3v) is 3.89. The summed E-state index contributed by atoms with van der Waals surface area (Å²) in [6.07, 6.45) is 3.22. The molecule has 0 aliphatic carbocycles. The van der Waals surface area contributed by atoms with E-state index in [4.69, 9.17) is 5.11 Å². The number of hydrogen-bond acceptors (Lipinski definition) is 3. The molecule has 1 aliphatic rings. The van der Waals surface area contributed by atoms with Crippen LogP contribution >= 0.6 is 0 Å². The van der Waals surface area contributed by atoms with Crippen molar-refractivity contribution in [3.63, 3.8) is 0 Å². The zero-order valence-corrected chi connectivity index (χ0v) is 12.3. The van der Waals surface area contributed by atoms with E-state index in [-0.39, 0.29) is 30.5 Å². The second-order valence-electron chi connectivity index (χ2n) is 5.87. The molecular formula is C14H26N2O3. The topological polar surface area (TPSA) is 69.6 Å². The van der Waals surface area contributed by atoms with Crippen molar-refractivity contribution in [2.75, 3.05) is 6.54 Å². The number of amides is 1. The van der Waals surface area contributed by atoms with E-state index in [0.717, 1.165) is 19.3 Å². The van der Waals surface area contributed by atoms with Crippen LogP contribution in [0.3, 0.4) is 0 Å². The van der Waals surface area contributed by atoms with E-state index in [2.05, 4.69) is 19.2 Å². The van der Waals surface area contributed by atoms with E-state index in [0.29, 0.717) is 0 Å². The van der Waals surface area contributed by atoms with Crippen molar-refractivity contribution in [1.29, 1.82) is 0 Å². The molecule has 110 valence electrons. The SMILES string of the molecule is CC(C)C(NCC(=O)N1C(C)CCCC1C)C(=O)O. The molecule has 0 aromatic heterocycles. The lowest BCUT2D eigenvalue weighted by molar-refractivity contribution is -0.141. The molecule has 0 aromatic rings. The fraction of sp³-hybridized carbons (Fsp3) is 0.857. The minimum Gasteiger partial charge on any atom is -0.480 e. The monoisotopic (exact) mass is 270 g/mol. The highest BCUT2D eigenvalue weighted by Gasteiger charge is 2.30. The van der Waals surface area contributed by atoms with Gasteiger partial charge in [-0.3, -0.25) is 14.9 Å². The van der Waals surface area contributed by atoms with Gasteiger partial charge in [0.05, 0.1) is 6.54 Å². The number of carbonyl (C=O) groups is 2. The predicted molar refractivity (Wildman–Crippen MR) is 73.9 cm³/mol. The maximum Gasteiger partial charge on any atom is 0.320 e. The van der Waals surface area contributed by atoms with E-state index >= 15 is 0 Å². The van der Waals surface area contributed by atoms with E-state index in [9.17, 15) is 9.59 Å². The first-order valence-corrected chi connectivity index (χ1v) is 7.12. The number of aliphatic carboxylic acids is 1. The number of carboxylic acid groups (broad SMARTS) is 1. The summed E-state index contributed by atoms with van der Waals surface area (Å²) in [5, 5.41) is 11.9. The average Bonchev–Trinajstić information content (AvgIpc) is 2.27. The third-order valence-electron chi connectivity index (χ3n) is 3.89. The summed E-state index contributed by atoms with van der Waals surface area (Å²) in [5.74, 6) is -0.935. The maximum atomic E-state index is 12.2. The molecule has 1 saturated heterocycles. The highest BCUT2D eigenvalue weighted by atomic mass is 16.4. The van der Waals surface area contributed by atoms with Gasteiger partial charge in [0.25, 0.3) is 0 Å². The maximum absolute atomic E-state index is 12.2. The fourth-order valence-electron chi connectivity index (χ4n) is 2.81. The Morgan fingerprint density at radius 2 is 1.79 bits per heavy atom. The number of nitrogens with zero attached hydrogens (tertiary/aromatic N) is 1. The summed E-state index contributed by atoms with van der Waals surface area (Å²) in [6.45, 7) is 7.89. The molecule has 0 aromatic carbocycles. The number of nitrogens with one attached hydrogen (secondary N) is 1. The van der Waals surface area contributed by atoms with Gasteiger partial charge in [-0.25, -0.2) is 0 Å². The molecule has 0 bridgehead atoms. The Morgan fingerprint density at radius 3 is 2.21 bits per heavy atom. The van der Waals surface area contributed by atoms with Crippen LogP contribution in [0.5, 0.6) is 0 Å². The molecule has 19 heavy (non-hydrogen) atoms. The van der Waals surface area contributed by atoms with Gasteiger partial charge in [0.2, 0.25) is 5.91 Å². The summed E-state index contributed by atoms with van der Waals surface area (Å²) in [7, 11) is 0. The van der Waals surface area contributed by atoms with Gasteiger partial charge in [-0.15, -0.1) is 0 Å². The third kappa shape index (κ3) is 4.20. The van der Waals surface area contributed by atoms with Crippen LogP contribution in [0.4, 0.5) is 0 Å². The number of piperidine rings is 1. The highest BCUT2D eigenvalue weighted by molar-refractivity contribution is 5.80. The molecule has 1 amide bonds. The molecule has 1 aliphatic heterocycles. The van der Waals surface area contributed by atoms with E-state index < -0.39 is 12.0 Å². The van der Waals surface area contributed by atoms with Crippen molar-refractivity contribution >= 4 is 11.9 Å². The molecule has 5 heteroatoms. The van der Waals surface area contributed by atoms with Crippen molar-refractivity contribution in [2.24, 2.45) is 5.92 Å². The largest absolute Gasteiger partial charge is 0.480 e. The second-order valence-corrected chi connectivity index (χ2v) is 5.87. The summed E-state index contributed by atoms with van der Waals surface area (Å²) >= 11 is 0. The Hall–Kier alpha value is -1.10. The van der Waals surface area contributed by atoms with Crippen molar-refractivity contribution in [1.82, 2.24) is 10.2 Å². The predicted octanol–water partition coefficient (Wildman–Crippen LogP) is 1.47. The lowest BCUT2D eigenvalue weighted by atomic mass is 9.97. The molecule has 0 spiro atoms. The first-order chi connectivity index (χ1) is 8.84. The minimum absolute atomic E-state index is 0.00611. The Labute approximate surface area is 115 Å². The van der Waals surface area contributed by atoms with Crippen molar-refractivity contribution in [3.05, 3.63) is 0 Å². The molecule has 5 nitrogen and oxygen atoms in total. The van der Waals surface area contributed by atoms with Gasteiger partial charge in [0.15, 0.2) is 0 Å². The minimum atomic E-state index is -0.900. The molecule has 0 radical (unpaired) electrons. The van der Waals surface area contributed by atoms with Gasteiger partial charge >= 0.3 is 5.97 Å². The molecule has 2 N–H and O–H groups in total. The van der Waals surface area contributed by atoms with Gasteiger partial charge in [0.1, 0.15) is 6.04 Å². The van der Waals surface area contributed by atoms with Gasteiger partial charge in [-0.2, -0.15) is 0 Å². The Kier molecular flexibility index (Phi) is 5.79. The molecule has 3 unspecified atom stereocenters. The number of hydrogen-bond donors (Lipinski definition) is 2. The summed E-state index contributed by atoms with van der Waals surface area (Å²) in [4.78, 5) is 25.2. The van der Waals surface area contributed by atoms with Crippen molar-refractivity contribution < 1.29 is 14.7 Å². The smallest absolute Gasteiger partial charge is 0.320 e. The van der Waals surface area contributed by atoms with Crippen LogP contribution in [0, 0.1) is 5.92 Å².